The van der Waals surface area contributed by atoms with E-state index < -0.39 is 0 Å². The molecule has 1 N–H and O–H groups in total. The molecule has 1 fully saturated rings. The van der Waals surface area contributed by atoms with E-state index in [1.54, 1.807) is 0 Å². The Bertz CT molecular complexity index is 158. The quantitative estimate of drug-likeness (QED) is 0.695. The van der Waals surface area contributed by atoms with Crippen LogP contribution in [0.4, 0.5) is 0 Å². The zero-order chi connectivity index (χ0) is 11.1. The number of hydrogen-bond acceptors (Lipinski definition) is 3. The zero-order valence-electron chi connectivity index (χ0n) is 10.5. The van der Waals surface area contributed by atoms with Gasteiger partial charge in [0, 0.05) is 25.2 Å². The summed E-state index contributed by atoms with van der Waals surface area (Å²) in [6.45, 7) is 11.9. The first-order chi connectivity index (χ1) is 7.22. The van der Waals surface area contributed by atoms with Crippen LogP contribution in [0, 0.1) is 0 Å². The normalized spacial score (nSPS) is 21.8. The Morgan fingerprint density at radius 1 is 1.20 bits per heavy atom. The van der Waals surface area contributed by atoms with Gasteiger partial charge in [-0.25, -0.2) is 0 Å². The molecule has 0 bridgehead atoms. The maximum Gasteiger partial charge on any atom is 0.0616 e. The molecular formula is C12H26N2O. The molecule has 0 aromatic heterocycles. The van der Waals surface area contributed by atoms with Crippen molar-refractivity contribution in [2.75, 3.05) is 32.8 Å². The molecule has 1 saturated heterocycles. The number of rotatable bonds is 7. The minimum Gasteiger partial charge on any atom is -0.380 e. The summed E-state index contributed by atoms with van der Waals surface area (Å²) in [4.78, 5) is 2.55. The van der Waals surface area contributed by atoms with Crippen molar-refractivity contribution >= 4 is 0 Å². The molecule has 2 unspecified atom stereocenters. The summed E-state index contributed by atoms with van der Waals surface area (Å²) in [5, 5.41) is 3.57. The van der Waals surface area contributed by atoms with E-state index in [1.807, 2.05) is 6.92 Å². The van der Waals surface area contributed by atoms with Crippen LogP contribution in [0.15, 0.2) is 0 Å². The molecule has 0 radical (unpaired) electrons. The lowest BCUT2D eigenvalue weighted by Crippen LogP contribution is -2.43. The lowest BCUT2D eigenvalue weighted by molar-refractivity contribution is 0.122. The van der Waals surface area contributed by atoms with Crippen molar-refractivity contribution in [1.82, 2.24) is 10.2 Å². The summed E-state index contributed by atoms with van der Waals surface area (Å²) in [5.41, 5.74) is 0. The Labute approximate surface area is 94.2 Å². The van der Waals surface area contributed by atoms with E-state index in [0.717, 1.165) is 13.2 Å². The highest BCUT2D eigenvalue weighted by molar-refractivity contribution is 4.74. The second-order valence-corrected chi connectivity index (χ2v) is 4.64. The van der Waals surface area contributed by atoms with Crippen LogP contribution >= 0.6 is 0 Å². The van der Waals surface area contributed by atoms with Gasteiger partial charge < -0.3 is 15.0 Å². The second kappa shape index (κ2) is 7.20. The molecular weight excluding hydrogens is 188 g/mol. The smallest absolute Gasteiger partial charge is 0.0616 e. The Hall–Kier alpha value is -0.120. The van der Waals surface area contributed by atoms with Gasteiger partial charge in [-0.15, -0.1) is 0 Å². The highest BCUT2D eigenvalue weighted by Crippen LogP contribution is 2.07. The molecule has 0 aromatic rings. The van der Waals surface area contributed by atoms with Gasteiger partial charge in [0.25, 0.3) is 0 Å². The van der Waals surface area contributed by atoms with Crippen LogP contribution < -0.4 is 5.32 Å². The molecule has 1 aliphatic rings. The maximum absolute atomic E-state index is 5.39. The van der Waals surface area contributed by atoms with Crippen molar-refractivity contribution < 1.29 is 4.74 Å². The minimum absolute atomic E-state index is 0.461. The number of nitrogens with one attached hydrogen (secondary N) is 1. The predicted octanol–water partition coefficient (Wildman–Crippen LogP) is 1.49. The van der Waals surface area contributed by atoms with Gasteiger partial charge in [-0.1, -0.05) is 0 Å². The summed E-state index contributed by atoms with van der Waals surface area (Å²) in [7, 11) is 0. The van der Waals surface area contributed by atoms with Crippen molar-refractivity contribution in [1.29, 1.82) is 0 Å². The van der Waals surface area contributed by atoms with E-state index in [-0.39, 0.29) is 0 Å². The van der Waals surface area contributed by atoms with E-state index in [4.69, 9.17) is 4.74 Å². The predicted molar refractivity (Wildman–Crippen MR) is 64.2 cm³/mol. The fourth-order valence-corrected chi connectivity index (χ4v) is 2.23. The van der Waals surface area contributed by atoms with Crippen LogP contribution in [0.1, 0.15) is 33.6 Å². The Balaban J connectivity index is 2.08. The first-order valence-corrected chi connectivity index (χ1v) is 6.28. The summed E-state index contributed by atoms with van der Waals surface area (Å²) >= 11 is 0. The molecule has 1 aliphatic heterocycles. The molecule has 1 rings (SSSR count). The third-order valence-electron chi connectivity index (χ3n) is 2.87. The van der Waals surface area contributed by atoms with Gasteiger partial charge in [0.1, 0.15) is 0 Å². The molecule has 3 nitrogen and oxygen atoms in total. The number of ether oxygens (including phenoxy) is 1. The molecule has 15 heavy (non-hydrogen) atoms. The van der Waals surface area contributed by atoms with Crippen LogP contribution in [0.3, 0.4) is 0 Å². The molecule has 0 saturated carbocycles. The zero-order valence-corrected chi connectivity index (χ0v) is 10.5. The second-order valence-electron chi connectivity index (χ2n) is 4.64. The summed E-state index contributed by atoms with van der Waals surface area (Å²) in [6.07, 6.45) is 2.75. The Kier molecular flexibility index (Phi) is 6.22. The van der Waals surface area contributed by atoms with Crippen molar-refractivity contribution in [2.45, 2.75) is 45.7 Å². The van der Waals surface area contributed by atoms with E-state index in [1.165, 1.54) is 32.5 Å². The molecule has 90 valence electrons. The highest BCUT2D eigenvalue weighted by atomic mass is 16.5. The molecule has 0 aromatic carbocycles. The van der Waals surface area contributed by atoms with Gasteiger partial charge in [-0.2, -0.15) is 0 Å². The lowest BCUT2D eigenvalue weighted by Gasteiger charge is -2.24. The van der Waals surface area contributed by atoms with Gasteiger partial charge in [-0.3, -0.25) is 0 Å². The van der Waals surface area contributed by atoms with E-state index >= 15 is 0 Å². The van der Waals surface area contributed by atoms with Crippen LogP contribution in [0.2, 0.25) is 0 Å². The van der Waals surface area contributed by atoms with Crippen molar-refractivity contribution in [3.63, 3.8) is 0 Å². The summed E-state index contributed by atoms with van der Waals surface area (Å²) in [5.74, 6) is 0. The van der Waals surface area contributed by atoms with Crippen molar-refractivity contribution in [3.8, 4) is 0 Å². The largest absolute Gasteiger partial charge is 0.380 e. The average molecular weight is 214 g/mol. The molecule has 2 atom stereocenters. The van der Waals surface area contributed by atoms with E-state index in [0.29, 0.717) is 12.1 Å². The van der Waals surface area contributed by atoms with Gasteiger partial charge in [0.15, 0.2) is 0 Å². The lowest BCUT2D eigenvalue weighted by atomic mass is 10.2. The van der Waals surface area contributed by atoms with Crippen LogP contribution in [-0.2, 0) is 4.74 Å². The topological polar surface area (TPSA) is 24.5 Å². The molecule has 3 heteroatoms. The fourth-order valence-electron chi connectivity index (χ4n) is 2.23. The average Bonchev–Trinajstić information content (AvgIpc) is 2.67. The first kappa shape index (κ1) is 12.9. The Morgan fingerprint density at radius 3 is 2.47 bits per heavy atom. The van der Waals surface area contributed by atoms with Gasteiger partial charge in [0.2, 0.25) is 0 Å². The Morgan fingerprint density at radius 2 is 1.87 bits per heavy atom. The van der Waals surface area contributed by atoms with Gasteiger partial charge >= 0.3 is 0 Å². The highest BCUT2D eigenvalue weighted by Gasteiger charge is 2.15. The monoisotopic (exact) mass is 214 g/mol. The number of hydrogen-bond donors (Lipinski definition) is 1. The van der Waals surface area contributed by atoms with Crippen LogP contribution in [0.5, 0.6) is 0 Å². The van der Waals surface area contributed by atoms with Crippen molar-refractivity contribution in [2.24, 2.45) is 0 Å². The standard InChI is InChI=1S/C12H26N2O/c1-4-15-10-12(3)13-11(2)9-14-7-5-6-8-14/h11-13H,4-10H2,1-3H3. The van der Waals surface area contributed by atoms with E-state index in [9.17, 15) is 0 Å². The van der Waals surface area contributed by atoms with Gasteiger partial charge in [0.05, 0.1) is 6.61 Å². The third kappa shape index (κ3) is 5.50. The van der Waals surface area contributed by atoms with Crippen LogP contribution in [-0.4, -0.2) is 49.8 Å². The number of likely N-dealkylation sites (tertiary alicyclic amines) is 1. The summed E-state index contributed by atoms with van der Waals surface area (Å²) in [6, 6.07) is 1.03. The molecule has 0 spiro atoms. The van der Waals surface area contributed by atoms with Crippen molar-refractivity contribution in [3.05, 3.63) is 0 Å². The minimum atomic E-state index is 0.461. The summed E-state index contributed by atoms with van der Waals surface area (Å²) < 4.78 is 5.39. The van der Waals surface area contributed by atoms with E-state index in [2.05, 4.69) is 24.1 Å². The maximum atomic E-state index is 5.39. The molecule has 0 amide bonds. The third-order valence-corrected chi connectivity index (χ3v) is 2.87. The fraction of sp³-hybridized carbons (Fsp3) is 1.00. The molecule has 1 heterocycles. The first-order valence-electron chi connectivity index (χ1n) is 6.28. The molecule has 0 aliphatic carbocycles. The SMILES string of the molecule is CCOCC(C)NC(C)CN1CCCC1. The number of nitrogens with zero attached hydrogens (tertiary/aromatic N) is 1. The van der Waals surface area contributed by atoms with Crippen LogP contribution in [0.25, 0.3) is 0 Å². The van der Waals surface area contributed by atoms with Gasteiger partial charge in [-0.05, 0) is 46.7 Å².